The first-order valence-electron chi connectivity index (χ1n) is 5.48. The molecule has 19 heavy (non-hydrogen) atoms. The van der Waals surface area contributed by atoms with Crippen molar-refractivity contribution in [1.29, 1.82) is 0 Å². The van der Waals surface area contributed by atoms with E-state index in [0.717, 1.165) is 0 Å². The van der Waals surface area contributed by atoms with Crippen LogP contribution in [0.3, 0.4) is 0 Å². The highest BCUT2D eigenvalue weighted by molar-refractivity contribution is 6.30. The van der Waals surface area contributed by atoms with E-state index in [1.807, 2.05) is 0 Å². The Labute approximate surface area is 113 Å². The van der Waals surface area contributed by atoms with Crippen molar-refractivity contribution in [2.75, 3.05) is 12.8 Å². The fourth-order valence-corrected chi connectivity index (χ4v) is 2.00. The number of ether oxygens (including phenoxy) is 1. The molecule has 7 heteroatoms. The number of nitrogens with zero attached hydrogens (tertiary/aromatic N) is 2. The minimum atomic E-state index is -0.598. The molecule has 0 saturated carbocycles. The average molecular weight is 286 g/mol. The Hall–Kier alpha value is -1.79. The van der Waals surface area contributed by atoms with Crippen molar-refractivity contribution in [2.24, 2.45) is 7.05 Å². The third-order valence-corrected chi connectivity index (χ3v) is 3.16. The smallest absolute Gasteiger partial charge is 0.294 e. The number of methoxy groups -OCH3 is 1. The van der Waals surface area contributed by atoms with Crippen molar-refractivity contribution in [3.05, 3.63) is 45.1 Å². The molecule has 2 rings (SSSR count). The second-order valence-electron chi connectivity index (χ2n) is 4.03. The van der Waals surface area contributed by atoms with Crippen LogP contribution in [0.1, 0.15) is 5.69 Å². The van der Waals surface area contributed by atoms with Gasteiger partial charge in [-0.2, -0.15) is 0 Å². The zero-order chi connectivity index (χ0) is 14.2. The molecule has 102 valence electrons. The lowest BCUT2D eigenvalue weighted by Gasteiger charge is -2.09. The molecule has 2 aromatic rings. The van der Waals surface area contributed by atoms with E-state index >= 15 is 0 Å². The van der Waals surface area contributed by atoms with Crippen LogP contribution in [-0.4, -0.2) is 16.5 Å². The number of anilines is 1. The van der Waals surface area contributed by atoms with Crippen molar-refractivity contribution in [2.45, 2.75) is 6.61 Å². The summed E-state index contributed by atoms with van der Waals surface area (Å²) in [6.45, 7) is 0.195. The maximum absolute atomic E-state index is 13.5. The van der Waals surface area contributed by atoms with Gasteiger partial charge in [0.05, 0.1) is 23.0 Å². The number of rotatable bonds is 3. The predicted molar refractivity (Wildman–Crippen MR) is 71.1 cm³/mol. The summed E-state index contributed by atoms with van der Waals surface area (Å²) in [7, 11) is 3.15. The van der Waals surface area contributed by atoms with E-state index in [0.29, 0.717) is 11.4 Å². The van der Waals surface area contributed by atoms with Gasteiger partial charge in [-0.05, 0) is 12.1 Å². The highest BCUT2D eigenvalue weighted by Gasteiger charge is 2.17. The molecular formula is C12H13ClFN3O2. The number of hydrogen-bond acceptors (Lipinski definition) is 3. The largest absolute Gasteiger partial charge is 0.393 e. The van der Waals surface area contributed by atoms with Crippen LogP contribution in [0.25, 0.3) is 5.69 Å². The summed E-state index contributed by atoms with van der Waals surface area (Å²) in [6, 6.07) is 4.11. The maximum Gasteiger partial charge on any atom is 0.294 e. The molecule has 1 aromatic carbocycles. The third-order valence-electron chi connectivity index (χ3n) is 2.85. The molecule has 0 unspecified atom stereocenters. The van der Waals surface area contributed by atoms with Crippen molar-refractivity contribution < 1.29 is 9.13 Å². The highest BCUT2D eigenvalue weighted by Crippen LogP contribution is 2.19. The first-order chi connectivity index (χ1) is 8.97. The molecule has 0 fully saturated rings. The second-order valence-corrected chi connectivity index (χ2v) is 4.44. The van der Waals surface area contributed by atoms with Crippen LogP contribution in [0.15, 0.2) is 23.0 Å². The molecular weight excluding hydrogens is 273 g/mol. The van der Waals surface area contributed by atoms with Crippen molar-refractivity contribution in [3.63, 3.8) is 0 Å². The molecule has 0 saturated heterocycles. The number of nitrogens with two attached hydrogens (primary N) is 1. The maximum atomic E-state index is 13.5. The number of nitrogen functional groups attached to an aromatic ring is 1. The van der Waals surface area contributed by atoms with Crippen molar-refractivity contribution in [3.8, 4) is 5.69 Å². The van der Waals surface area contributed by atoms with Gasteiger partial charge in [0.15, 0.2) is 0 Å². The summed E-state index contributed by atoms with van der Waals surface area (Å²) in [4.78, 5) is 12.1. The Morgan fingerprint density at radius 1 is 1.47 bits per heavy atom. The fourth-order valence-electron chi connectivity index (χ4n) is 1.88. The van der Waals surface area contributed by atoms with Crippen molar-refractivity contribution in [1.82, 2.24) is 9.36 Å². The van der Waals surface area contributed by atoms with Gasteiger partial charge in [-0.25, -0.2) is 9.07 Å². The molecule has 2 N–H and O–H groups in total. The zero-order valence-electron chi connectivity index (χ0n) is 10.5. The van der Waals surface area contributed by atoms with Gasteiger partial charge >= 0.3 is 0 Å². The van der Waals surface area contributed by atoms with Crippen LogP contribution in [-0.2, 0) is 18.4 Å². The Kier molecular flexibility index (Phi) is 3.64. The van der Waals surface area contributed by atoms with E-state index < -0.39 is 11.4 Å². The summed E-state index contributed by atoms with van der Waals surface area (Å²) in [6.07, 6.45) is 0. The minimum absolute atomic E-state index is 0.00362. The van der Waals surface area contributed by atoms with Gasteiger partial charge in [-0.15, -0.1) is 0 Å². The Balaban J connectivity index is 2.65. The summed E-state index contributed by atoms with van der Waals surface area (Å²) in [5.41, 5.74) is 6.29. The van der Waals surface area contributed by atoms with E-state index in [9.17, 15) is 9.18 Å². The van der Waals surface area contributed by atoms with E-state index in [1.54, 1.807) is 13.1 Å². The van der Waals surface area contributed by atoms with Crippen LogP contribution in [0.2, 0.25) is 5.02 Å². The summed E-state index contributed by atoms with van der Waals surface area (Å²) in [5.74, 6) is -0.598. The molecule has 0 spiro atoms. The first kappa shape index (κ1) is 13.6. The molecule has 0 aliphatic carbocycles. The highest BCUT2D eigenvalue weighted by atomic mass is 35.5. The number of halogens is 2. The number of hydrogen-bond donors (Lipinski definition) is 1. The quantitative estimate of drug-likeness (QED) is 0.933. The Morgan fingerprint density at radius 3 is 2.74 bits per heavy atom. The van der Waals surface area contributed by atoms with Crippen LogP contribution >= 0.6 is 11.6 Å². The number of benzene rings is 1. The third kappa shape index (κ3) is 2.24. The molecule has 0 aliphatic rings. The Bertz CT molecular complexity index is 678. The molecule has 0 atom stereocenters. The van der Waals surface area contributed by atoms with Crippen molar-refractivity contribution >= 4 is 17.3 Å². The van der Waals surface area contributed by atoms with Crippen LogP contribution in [0.5, 0.6) is 0 Å². The van der Waals surface area contributed by atoms with Crippen LogP contribution in [0, 0.1) is 5.82 Å². The lowest BCUT2D eigenvalue weighted by molar-refractivity contribution is 0.177. The molecule has 1 aromatic heterocycles. The van der Waals surface area contributed by atoms with Gasteiger partial charge < -0.3 is 10.5 Å². The standard InChI is InChI=1S/C12H13ClFN3O2/c1-16-10(6-19-2)11(15)12(18)17(16)7-3-4-8(13)9(14)5-7/h3-5H,6,15H2,1-2H3. The predicted octanol–water partition coefficient (Wildman–Crippen LogP) is 1.70. The van der Waals surface area contributed by atoms with Gasteiger partial charge in [0.25, 0.3) is 5.56 Å². The first-order valence-corrected chi connectivity index (χ1v) is 5.86. The monoisotopic (exact) mass is 285 g/mol. The topological polar surface area (TPSA) is 62.2 Å². The molecule has 0 radical (unpaired) electrons. The minimum Gasteiger partial charge on any atom is -0.393 e. The SMILES string of the molecule is COCc1c(N)c(=O)n(-c2ccc(Cl)c(F)c2)n1C. The van der Waals surface area contributed by atoms with E-state index in [1.165, 1.54) is 28.6 Å². The molecule has 5 nitrogen and oxygen atoms in total. The second kappa shape index (κ2) is 5.07. The van der Waals surface area contributed by atoms with Gasteiger partial charge in [0.2, 0.25) is 0 Å². The summed E-state index contributed by atoms with van der Waals surface area (Å²) in [5, 5.41) is -0.00362. The van der Waals surface area contributed by atoms with Gasteiger partial charge in [-0.1, -0.05) is 11.6 Å². The zero-order valence-corrected chi connectivity index (χ0v) is 11.2. The lowest BCUT2D eigenvalue weighted by atomic mass is 10.3. The van der Waals surface area contributed by atoms with E-state index in [4.69, 9.17) is 22.1 Å². The van der Waals surface area contributed by atoms with E-state index in [2.05, 4.69) is 0 Å². The summed E-state index contributed by atoms with van der Waals surface area (Å²) >= 11 is 5.62. The molecule has 0 aliphatic heterocycles. The normalized spacial score (nSPS) is 10.9. The van der Waals surface area contributed by atoms with Crippen LogP contribution < -0.4 is 11.3 Å². The van der Waals surface area contributed by atoms with E-state index in [-0.39, 0.29) is 17.3 Å². The Morgan fingerprint density at radius 2 is 2.16 bits per heavy atom. The van der Waals surface area contributed by atoms with Gasteiger partial charge in [0.1, 0.15) is 11.5 Å². The fraction of sp³-hybridized carbons (Fsp3) is 0.250. The molecule has 1 heterocycles. The molecule has 0 amide bonds. The lowest BCUT2D eigenvalue weighted by Crippen LogP contribution is -2.20. The summed E-state index contributed by atoms with van der Waals surface area (Å²) < 4.78 is 21.3. The number of aromatic nitrogens is 2. The average Bonchev–Trinajstić information content (AvgIpc) is 2.58. The molecule has 0 bridgehead atoms. The van der Waals surface area contributed by atoms with Gasteiger partial charge in [-0.3, -0.25) is 9.48 Å². The van der Waals surface area contributed by atoms with Gasteiger partial charge in [0, 0.05) is 20.2 Å². The van der Waals surface area contributed by atoms with Crippen LogP contribution in [0.4, 0.5) is 10.1 Å².